The van der Waals surface area contributed by atoms with Crippen molar-refractivity contribution in [3.8, 4) is 0 Å². The van der Waals surface area contributed by atoms with Gasteiger partial charge in [-0.25, -0.2) is 8.42 Å². The first-order valence-corrected chi connectivity index (χ1v) is 8.81. The monoisotopic (exact) mass is 365 g/mol. The zero-order chi connectivity index (χ0) is 14.2. The lowest BCUT2D eigenvalue weighted by Gasteiger charge is -2.20. The largest absolute Gasteiger partial charge is 0.480 e. The Kier molecular flexibility index (Phi) is 4.24. The van der Waals surface area contributed by atoms with Gasteiger partial charge in [0.2, 0.25) is 10.0 Å². The van der Waals surface area contributed by atoms with Crippen LogP contribution in [0.5, 0.6) is 0 Å². The zero-order valence-electron chi connectivity index (χ0n) is 10.0. The van der Waals surface area contributed by atoms with Gasteiger partial charge in [-0.1, -0.05) is 15.9 Å². The number of rotatable bonds is 3. The molecule has 0 unspecified atom stereocenters. The number of sulfonamides is 1. The summed E-state index contributed by atoms with van der Waals surface area (Å²) in [6, 6.07) is 3.69. The summed E-state index contributed by atoms with van der Waals surface area (Å²) in [6.45, 7) is 1.79. The van der Waals surface area contributed by atoms with Crippen LogP contribution in [0.1, 0.15) is 5.56 Å². The van der Waals surface area contributed by atoms with Crippen LogP contribution in [0.15, 0.2) is 27.6 Å². The molecule has 1 N–H and O–H groups in total. The molecule has 1 aromatic rings. The van der Waals surface area contributed by atoms with Gasteiger partial charge in [-0.3, -0.25) is 4.79 Å². The predicted octanol–water partition coefficient (Wildman–Crippen LogP) is 1.91. The zero-order valence-corrected chi connectivity index (χ0v) is 13.3. The SMILES string of the molecule is Cc1cc(S(=O)(=O)N2CSC[C@@H]2C(=O)O)ccc1Br. The molecule has 8 heteroatoms. The van der Waals surface area contributed by atoms with Crippen LogP contribution in [0.2, 0.25) is 0 Å². The molecule has 1 fully saturated rings. The molecule has 0 saturated carbocycles. The maximum absolute atomic E-state index is 12.4. The number of benzene rings is 1. The summed E-state index contributed by atoms with van der Waals surface area (Å²) >= 11 is 4.61. The van der Waals surface area contributed by atoms with Gasteiger partial charge in [0.25, 0.3) is 0 Å². The highest BCUT2D eigenvalue weighted by molar-refractivity contribution is 9.10. The molecule has 1 aromatic carbocycles. The summed E-state index contributed by atoms with van der Waals surface area (Å²) in [5, 5.41) is 9.07. The van der Waals surface area contributed by atoms with E-state index in [0.717, 1.165) is 14.3 Å². The normalized spacial score (nSPS) is 20.6. The van der Waals surface area contributed by atoms with Crippen LogP contribution in [-0.4, -0.2) is 41.5 Å². The number of nitrogens with zero attached hydrogens (tertiary/aromatic N) is 1. The average molecular weight is 366 g/mol. The van der Waals surface area contributed by atoms with E-state index in [1.165, 1.54) is 17.8 Å². The molecule has 1 atom stereocenters. The molecule has 0 spiro atoms. The number of hydrogen-bond acceptors (Lipinski definition) is 4. The summed E-state index contributed by atoms with van der Waals surface area (Å²) in [5.74, 6) is -0.652. The Morgan fingerprint density at radius 2 is 2.21 bits per heavy atom. The third-order valence-corrected chi connectivity index (χ3v) is 6.78. The second-order valence-corrected chi connectivity index (χ2v) is 7.90. The molecule has 1 aliphatic heterocycles. The van der Waals surface area contributed by atoms with E-state index >= 15 is 0 Å². The fraction of sp³-hybridized carbons (Fsp3) is 0.364. The summed E-state index contributed by atoms with van der Waals surface area (Å²) in [5.41, 5.74) is 0.791. The van der Waals surface area contributed by atoms with E-state index in [1.807, 2.05) is 0 Å². The first-order valence-electron chi connectivity index (χ1n) is 5.42. The number of carboxylic acid groups (broad SMARTS) is 1. The highest BCUT2D eigenvalue weighted by atomic mass is 79.9. The molecule has 0 bridgehead atoms. The Labute approximate surface area is 124 Å². The smallest absolute Gasteiger partial charge is 0.322 e. The highest BCUT2D eigenvalue weighted by Crippen LogP contribution is 2.29. The van der Waals surface area contributed by atoms with Crippen molar-refractivity contribution in [2.75, 3.05) is 11.6 Å². The minimum Gasteiger partial charge on any atom is -0.480 e. The van der Waals surface area contributed by atoms with Gasteiger partial charge >= 0.3 is 5.97 Å². The van der Waals surface area contributed by atoms with E-state index in [0.29, 0.717) is 0 Å². The lowest BCUT2D eigenvalue weighted by atomic mass is 10.2. The van der Waals surface area contributed by atoms with Crippen LogP contribution >= 0.6 is 27.7 Å². The second kappa shape index (κ2) is 5.43. The molecule has 19 heavy (non-hydrogen) atoms. The Morgan fingerprint density at radius 3 is 2.79 bits per heavy atom. The molecule has 0 radical (unpaired) electrons. The van der Waals surface area contributed by atoms with Crippen LogP contribution in [0.25, 0.3) is 0 Å². The van der Waals surface area contributed by atoms with Gasteiger partial charge in [-0.05, 0) is 30.7 Å². The van der Waals surface area contributed by atoms with Gasteiger partial charge in [0.15, 0.2) is 0 Å². The Morgan fingerprint density at radius 1 is 1.53 bits per heavy atom. The molecule has 1 heterocycles. The number of halogens is 1. The lowest BCUT2D eigenvalue weighted by Crippen LogP contribution is -2.41. The minimum absolute atomic E-state index is 0.127. The van der Waals surface area contributed by atoms with Crippen molar-refractivity contribution < 1.29 is 18.3 Å². The molecule has 0 aliphatic carbocycles. The number of thioether (sulfide) groups is 1. The second-order valence-electron chi connectivity index (χ2n) is 4.16. The van der Waals surface area contributed by atoms with Gasteiger partial charge in [-0.15, -0.1) is 11.8 Å². The molecule has 0 amide bonds. The van der Waals surface area contributed by atoms with E-state index in [9.17, 15) is 13.2 Å². The Balaban J connectivity index is 2.42. The number of aliphatic carboxylic acids is 1. The standard InChI is InChI=1S/C11H12BrNO4S2/c1-7-4-8(2-3-9(7)12)19(16,17)13-6-18-5-10(13)11(14)15/h2-4,10H,5-6H2,1H3,(H,14,15)/t10-/m1/s1. The van der Waals surface area contributed by atoms with Gasteiger partial charge in [-0.2, -0.15) is 4.31 Å². The number of carbonyl (C=O) groups is 1. The van der Waals surface area contributed by atoms with E-state index in [1.54, 1.807) is 19.1 Å². The molecule has 0 aromatic heterocycles. The maximum atomic E-state index is 12.4. The molecule has 5 nitrogen and oxygen atoms in total. The third-order valence-electron chi connectivity index (χ3n) is 2.86. The summed E-state index contributed by atoms with van der Waals surface area (Å²) in [7, 11) is -3.76. The third kappa shape index (κ3) is 2.81. The van der Waals surface area contributed by atoms with E-state index in [2.05, 4.69) is 15.9 Å². The number of hydrogen-bond donors (Lipinski definition) is 1. The minimum atomic E-state index is -3.76. The Bertz CT molecular complexity index is 617. The van der Waals surface area contributed by atoms with E-state index in [-0.39, 0.29) is 16.5 Å². The highest BCUT2D eigenvalue weighted by Gasteiger charge is 2.40. The topological polar surface area (TPSA) is 74.7 Å². The molecule has 1 saturated heterocycles. The van der Waals surface area contributed by atoms with Crippen LogP contribution in [0, 0.1) is 6.92 Å². The van der Waals surface area contributed by atoms with Crippen LogP contribution < -0.4 is 0 Å². The van der Waals surface area contributed by atoms with Crippen molar-refractivity contribution in [1.29, 1.82) is 0 Å². The van der Waals surface area contributed by atoms with Crippen molar-refractivity contribution in [3.63, 3.8) is 0 Å². The van der Waals surface area contributed by atoms with Crippen LogP contribution in [0.3, 0.4) is 0 Å². The first-order chi connectivity index (χ1) is 8.84. The van der Waals surface area contributed by atoms with Crippen LogP contribution in [-0.2, 0) is 14.8 Å². The van der Waals surface area contributed by atoms with E-state index < -0.39 is 22.0 Å². The summed E-state index contributed by atoms with van der Waals surface area (Å²) < 4.78 is 26.8. The number of carboxylic acids is 1. The molecule has 2 rings (SSSR count). The maximum Gasteiger partial charge on any atom is 0.322 e. The predicted molar refractivity (Wildman–Crippen MR) is 76.7 cm³/mol. The lowest BCUT2D eigenvalue weighted by molar-refractivity contribution is -0.140. The quantitative estimate of drug-likeness (QED) is 0.885. The van der Waals surface area contributed by atoms with Crippen LogP contribution in [0.4, 0.5) is 0 Å². The Hall–Kier alpha value is -0.570. The van der Waals surface area contributed by atoms with Crippen molar-refractivity contribution in [2.45, 2.75) is 17.9 Å². The molecular weight excluding hydrogens is 354 g/mol. The summed E-state index contributed by atoms with van der Waals surface area (Å²) in [4.78, 5) is 11.2. The first kappa shape index (κ1) is 14.8. The molecule has 1 aliphatic rings. The van der Waals surface area contributed by atoms with Crippen molar-refractivity contribution in [2.24, 2.45) is 0 Å². The van der Waals surface area contributed by atoms with Gasteiger partial charge < -0.3 is 5.11 Å². The molecule has 104 valence electrons. The fourth-order valence-corrected chi connectivity index (χ4v) is 5.24. The van der Waals surface area contributed by atoms with Crippen molar-refractivity contribution in [3.05, 3.63) is 28.2 Å². The average Bonchev–Trinajstić information content (AvgIpc) is 2.82. The fourth-order valence-electron chi connectivity index (χ4n) is 1.77. The molecular formula is C11H12BrNO4S2. The van der Waals surface area contributed by atoms with Crippen molar-refractivity contribution in [1.82, 2.24) is 4.31 Å². The van der Waals surface area contributed by atoms with Gasteiger partial charge in [0.05, 0.1) is 10.8 Å². The van der Waals surface area contributed by atoms with Gasteiger partial charge in [0, 0.05) is 10.2 Å². The van der Waals surface area contributed by atoms with E-state index in [4.69, 9.17) is 5.11 Å². The van der Waals surface area contributed by atoms with Crippen molar-refractivity contribution >= 4 is 43.7 Å². The summed E-state index contributed by atoms with van der Waals surface area (Å²) in [6.07, 6.45) is 0. The van der Waals surface area contributed by atoms with Gasteiger partial charge in [0.1, 0.15) is 6.04 Å². The number of aryl methyl sites for hydroxylation is 1.